The van der Waals surface area contributed by atoms with Gasteiger partial charge in [-0.3, -0.25) is 4.57 Å². The maximum Gasteiger partial charge on any atom is 0.238 e. The molecule has 0 unspecified atom stereocenters. The first kappa shape index (κ1) is 25.4. The molecule has 0 atom stereocenters. The van der Waals surface area contributed by atoms with Crippen LogP contribution in [-0.4, -0.2) is 24.1 Å². The maximum atomic E-state index is 5.25. The second kappa shape index (κ2) is 10.00. The van der Waals surface area contributed by atoms with Crippen molar-refractivity contribution in [3.05, 3.63) is 151 Å². The van der Waals surface area contributed by atoms with E-state index in [0.717, 1.165) is 44.1 Å². The largest absolute Gasteiger partial charge is 0.308 e. The van der Waals surface area contributed by atoms with Gasteiger partial charge < -0.3 is 4.57 Å². The van der Waals surface area contributed by atoms with Crippen LogP contribution in [0.2, 0.25) is 0 Å². The van der Waals surface area contributed by atoms with E-state index < -0.39 is 0 Å². The van der Waals surface area contributed by atoms with E-state index in [1.54, 1.807) is 0 Å². The van der Waals surface area contributed by atoms with Gasteiger partial charge in [0.2, 0.25) is 5.95 Å². The van der Waals surface area contributed by atoms with Gasteiger partial charge in [0.15, 0.2) is 11.6 Å². The molecule has 212 valence electrons. The van der Waals surface area contributed by atoms with E-state index in [0.29, 0.717) is 17.6 Å². The molecule has 9 rings (SSSR count). The van der Waals surface area contributed by atoms with Crippen LogP contribution in [0.4, 0.5) is 0 Å². The van der Waals surface area contributed by atoms with Crippen LogP contribution < -0.4 is 0 Å². The number of hydrogen-bond acceptors (Lipinski definition) is 3. The number of nitrogens with zero attached hydrogens (tertiary/aromatic N) is 5. The fraction of sp³-hybridized carbons (Fsp3) is 0.0250. The Hall–Kier alpha value is -6.07. The standard InChI is InChI=1S/C40H27N5/c1-26-14-13-21-31-30-19-7-9-22-33(30)44(37(26)31)36-25-12-8-20-32(36)39-41-38(27-15-3-2-4-16-27)42-40(43-39)45-34-23-10-5-17-28(34)29-18-6-11-24-35(29)45/h2-25H,1H3. The van der Waals surface area contributed by atoms with Crippen LogP contribution in [0.3, 0.4) is 0 Å². The van der Waals surface area contributed by atoms with Crippen LogP contribution in [0, 0.1) is 6.92 Å². The number of hydrogen-bond donors (Lipinski definition) is 0. The van der Waals surface area contributed by atoms with Gasteiger partial charge in [0.25, 0.3) is 0 Å². The van der Waals surface area contributed by atoms with E-state index in [2.05, 4.69) is 143 Å². The van der Waals surface area contributed by atoms with Gasteiger partial charge in [0, 0.05) is 32.7 Å². The third-order valence-electron chi connectivity index (χ3n) is 8.72. The first-order chi connectivity index (χ1) is 22.3. The van der Waals surface area contributed by atoms with Crippen LogP contribution >= 0.6 is 0 Å². The van der Waals surface area contributed by atoms with Crippen molar-refractivity contribution >= 4 is 43.6 Å². The van der Waals surface area contributed by atoms with E-state index in [9.17, 15) is 0 Å². The second-order valence-corrected chi connectivity index (χ2v) is 11.4. The number of fused-ring (bicyclic) bond motifs is 6. The minimum atomic E-state index is 0.587. The van der Waals surface area contributed by atoms with Gasteiger partial charge in [-0.25, -0.2) is 4.98 Å². The van der Waals surface area contributed by atoms with Crippen LogP contribution in [0.15, 0.2) is 146 Å². The molecule has 0 N–H and O–H groups in total. The summed E-state index contributed by atoms with van der Waals surface area (Å²) in [5.74, 6) is 1.84. The molecule has 0 aliphatic heterocycles. The van der Waals surface area contributed by atoms with E-state index in [1.807, 2.05) is 18.2 Å². The SMILES string of the molecule is Cc1cccc2c3ccccc3n(-c3ccccc3-c3nc(-c4ccccc4)nc(-n4c5ccccc5c5ccccc54)n3)c12. The molecule has 0 aliphatic rings. The third kappa shape index (κ3) is 3.91. The van der Waals surface area contributed by atoms with Crippen molar-refractivity contribution in [3.8, 4) is 34.4 Å². The lowest BCUT2D eigenvalue weighted by Crippen LogP contribution is -2.07. The highest BCUT2D eigenvalue weighted by molar-refractivity contribution is 6.11. The summed E-state index contributed by atoms with van der Waals surface area (Å²) in [6.45, 7) is 2.18. The Bertz CT molecular complexity index is 2500. The lowest BCUT2D eigenvalue weighted by molar-refractivity contribution is 0.951. The highest BCUT2D eigenvalue weighted by Crippen LogP contribution is 2.38. The molecule has 45 heavy (non-hydrogen) atoms. The summed E-state index contributed by atoms with van der Waals surface area (Å²) in [6, 6.07) is 50.6. The van der Waals surface area contributed by atoms with Crippen molar-refractivity contribution in [2.24, 2.45) is 0 Å². The predicted molar refractivity (Wildman–Crippen MR) is 184 cm³/mol. The Morgan fingerprint density at radius 3 is 1.67 bits per heavy atom. The van der Waals surface area contributed by atoms with Gasteiger partial charge in [-0.2, -0.15) is 9.97 Å². The highest BCUT2D eigenvalue weighted by atomic mass is 15.2. The van der Waals surface area contributed by atoms with Crippen molar-refractivity contribution < 1.29 is 0 Å². The summed E-state index contributed by atoms with van der Waals surface area (Å²) in [5, 5.41) is 4.78. The molecule has 3 aromatic heterocycles. The monoisotopic (exact) mass is 577 g/mol. The minimum Gasteiger partial charge on any atom is -0.308 e. The number of para-hydroxylation sites is 5. The first-order valence-electron chi connectivity index (χ1n) is 15.1. The Morgan fingerprint density at radius 2 is 0.956 bits per heavy atom. The van der Waals surface area contributed by atoms with Gasteiger partial charge in [-0.15, -0.1) is 0 Å². The highest BCUT2D eigenvalue weighted by Gasteiger charge is 2.21. The van der Waals surface area contributed by atoms with Gasteiger partial charge in [-0.05, 0) is 42.8 Å². The van der Waals surface area contributed by atoms with Gasteiger partial charge >= 0.3 is 0 Å². The molecule has 0 saturated carbocycles. The topological polar surface area (TPSA) is 48.5 Å². The van der Waals surface area contributed by atoms with Crippen LogP contribution in [-0.2, 0) is 0 Å². The Labute approximate surface area is 259 Å². The minimum absolute atomic E-state index is 0.587. The maximum absolute atomic E-state index is 5.25. The molecule has 5 nitrogen and oxygen atoms in total. The van der Waals surface area contributed by atoms with Gasteiger partial charge in [0.1, 0.15) is 0 Å². The molecule has 0 spiro atoms. The van der Waals surface area contributed by atoms with E-state index in [4.69, 9.17) is 15.0 Å². The summed E-state index contributed by atoms with van der Waals surface area (Å²) < 4.78 is 4.52. The van der Waals surface area contributed by atoms with Gasteiger partial charge in [0.05, 0.1) is 27.8 Å². The van der Waals surface area contributed by atoms with Crippen molar-refractivity contribution in [2.75, 3.05) is 0 Å². The summed E-state index contributed by atoms with van der Waals surface area (Å²) in [6.07, 6.45) is 0. The fourth-order valence-corrected chi connectivity index (χ4v) is 6.74. The van der Waals surface area contributed by atoms with Crippen LogP contribution in [0.1, 0.15) is 5.56 Å². The summed E-state index contributed by atoms with van der Waals surface area (Å²) in [5.41, 5.74) is 8.56. The quantitative estimate of drug-likeness (QED) is 0.209. The number of aromatic nitrogens is 5. The normalized spacial score (nSPS) is 11.7. The van der Waals surface area contributed by atoms with Crippen molar-refractivity contribution in [1.82, 2.24) is 24.1 Å². The van der Waals surface area contributed by atoms with Crippen molar-refractivity contribution in [3.63, 3.8) is 0 Å². The number of rotatable bonds is 4. The van der Waals surface area contributed by atoms with Crippen LogP contribution in [0.25, 0.3) is 78.0 Å². The zero-order valence-corrected chi connectivity index (χ0v) is 24.6. The van der Waals surface area contributed by atoms with Crippen molar-refractivity contribution in [1.29, 1.82) is 0 Å². The smallest absolute Gasteiger partial charge is 0.238 e. The Morgan fingerprint density at radius 1 is 0.422 bits per heavy atom. The van der Waals surface area contributed by atoms with E-state index >= 15 is 0 Å². The number of aryl methyl sites for hydroxylation is 1. The zero-order valence-electron chi connectivity index (χ0n) is 24.6. The molecule has 0 bridgehead atoms. The molecule has 9 aromatic rings. The molecule has 3 heterocycles. The van der Waals surface area contributed by atoms with E-state index in [1.165, 1.54) is 21.9 Å². The predicted octanol–water partition coefficient (Wildman–Crippen LogP) is 9.71. The molecule has 0 fully saturated rings. The average Bonchev–Trinajstić information content (AvgIpc) is 3.62. The second-order valence-electron chi connectivity index (χ2n) is 11.4. The van der Waals surface area contributed by atoms with E-state index in [-0.39, 0.29) is 0 Å². The molecular formula is C40H27N5. The summed E-state index contributed by atoms with van der Waals surface area (Å²) >= 11 is 0. The molecular weight excluding hydrogens is 550 g/mol. The molecule has 6 aromatic carbocycles. The number of benzene rings is 6. The molecule has 5 heteroatoms. The third-order valence-corrected chi connectivity index (χ3v) is 8.72. The summed E-state index contributed by atoms with van der Waals surface area (Å²) in [4.78, 5) is 15.5. The molecule has 0 saturated heterocycles. The lowest BCUT2D eigenvalue weighted by Gasteiger charge is -2.15. The lowest BCUT2D eigenvalue weighted by atomic mass is 10.1. The van der Waals surface area contributed by atoms with Crippen LogP contribution in [0.5, 0.6) is 0 Å². The molecule has 0 radical (unpaired) electrons. The fourth-order valence-electron chi connectivity index (χ4n) is 6.74. The Kier molecular flexibility index (Phi) is 5.65. The first-order valence-corrected chi connectivity index (χ1v) is 15.1. The average molecular weight is 578 g/mol. The Balaban J connectivity index is 1.37. The zero-order chi connectivity index (χ0) is 29.9. The van der Waals surface area contributed by atoms with Crippen molar-refractivity contribution in [2.45, 2.75) is 6.92 Å². The molecule has 0 aliphatic carbocycles. The molecule has 0 amide bonds. The summed E-state index contributed by atoms with van der Waals surface area (Å²) in [7, 11) is 0. The van der Waals surface area contributed by atoms with Gasteiger partial charge in [-0.1, -0.05) is 115 Å².